The fraction of sp³-hybridized carbons (Fsp3) is 0.500. The van der Waals surface area contributed by atoms with Crippen molar-refractivity contribution in [3.05, 3.63) is 52.6 Å². The van der Waals surface area contributed by atoms with Crippen molar-refractivity contribution >= 4 is 11.4 Å². The highest BCUT2D eigenvalue weighted by Crippen LogP contribution is 2.55. The Morgan fingerprint density at radius 2 is 1.85 bits per heavy atom. The molecule has 5 rings (SSSR count). The van der Waals surface area contributed by atoms with Crippen molar-refractivity contribution in [1.29, 1.82) is 0 Å². The molecule has 142 valence electrons. The Labute approximate surface area is 162 Å². The molecule has 27 heavy (non-hydrogen) atoms. The summed E-state index contributed by atoms with van der Waals surface area (Å²) in [7, 11) is 0. The van der Waals surface area contributed by atoms with Crippen LogP contribution in [-0.4, -0.2) is 17.7 Å². The Balaban J connectivity index is 1.56. The maximum absolute atomic E-state index is 10.9. The van der Waals surface area contributed by atoms with E-state index < -0.39 is 0 Å². The van der Waals surface area contributed by atoms with Crippen LogP contribution in [0.25, 0.3) is 0 Å². The average Bonchev–Trinajstić information content (AvgIpc) is 2.62. The summed E-state index contributed by atoms with van der Waals surface area (Å²) < 4.78 is 0. The van der Waals surface area contributed by atoms with Crippen molar-refractivity contribution in [2.24, 2.45) is 5.92 Å². The number of aromatic hydroxyl groups is 1. The first-order valence-corrected chi connectivity index (χ1v) is 10.5. The summed E-state index contributed by atoms with van der Waals surface area (Å²) in [6.07, 6.45) is 7.60. The quantitative estimate of drug-likeness (QED) is 0.651. The van der Waals surface area contributed by atoms with Crippen molar-refractivity contribution in [1.82, 2.24) is 5.32 Å². The van der Waals surface area contributed by atoms with Gasteiger partial charge in [0.1, 0.15) is 5.75 Å². The fourth-order valence-corrected chi connectivity index (χ4v) is 6.27. The Morgan fingerprint density at radius 3 is 2.67 bits per heavy atom. The van der Waals surface area contributed by atoms with Crippen LogP contribution in [0.5, 0.6) is 5.75 Å². The largest absolute Gasteiger partial charge is 0.506 e. The van der Waals surface area contributed by atoms with Crippen LogP contribution in [0.1, 0.15) is 54.4 Å². The van der Waals surface area contributed by atoms with E-state index in [0.717, 1.165) is 30.3 Å². The molecule has 0 aromatic heterocycles. The minimum absolute atomic E-state index is 0.289. The first-order valence-electron chi connectivity index (χ1n) is 10.5. The molecular formula is C24H30N2O. The molecule has 0 unspecified atom stereocenters. The standard InChI is InChI=1S/C24H30N2O/c1-15-9-16(2)11-18(10-15)26-22-13-17-12-21-19-5-3-4-6-24(19,7-8-25-21)20(17)14-23(22)27/h9-11,13-14,19,21,25-27H,3-8,12H2,1-2H3/t19-,21+,24+/m1/s1. The monoisotopic (exact) mass is 362 g/mol. The summed E-state index contributed by atoms with van der Waals surface area (Å²) in [6.45, 7) is 5.34. The highest BCUT2D eigenvalue weighted by Gasteiger charge is 2.51. The molecular weight excluding hydrogens is 332 g/mol. The number of piperidine rings is 1. The number of aryl methyl sites for hydroxylation is 2. The summed E-state index contributed by atoms with van der Waals surface area (Å²) >= 11 is 0. The predicted molar refractivity (Wildman–Crippen MR) is 111 cm³/mol. The highest BCUT2D eigenvalue weighted by atomic mass is 16.3. The van der Waals surface area contributed by atoms with Gasteiger partial charge >= 0.3 is 0 Å². The van der Waals surface area contributed by atoms with Crippen molar-refractivity contribution in [2.45, 2.75) is 63.8 Å². The predicted octanol–water partition coefficient (Wildman–Crippen LogP) is 5.10. The Bertz CT molecular complexity index is 866. The van der Waals surface area contributed by atoms with Gasteiger partial charge in [0.15, 0.2) is 0 Å². The second kappa shape index (κ2) is 6.27. The number of anilines is 2. The number of benzene rings is 2. The Hall–Kier alpha value is -2.00. The van der Waals surface area contributed by atoms with Gasteiger partial charge in [-0.2, -0.15) is 0 Å². The topological polar surface area (TPSA) is 44.3 Å². The molecule has 2 bridgehead atoms. The molecule has 1 saturated carbocycles. The first kappa shape index (κ1) is 17.1. The summed E-state index contributed by atoms with van der Waals surface area (Å²) in [5.41, 5.74) is 7.50. The van der Waals surface area contributed by atoms with Crippen LogP contribution in [0.15, 0.2) is 30.3 Å². The van der Waals surface area contributed by atoms with Crippen LogP contribution in [0.4, 0.5) is 11.4 Å². The SMILES string of the molecule is Cc1cc(C)cc(Nc2cc3c(cc2O)[C@]24CCCC[C@@H]2[C@H](C3)NCC4)c1. The lowest BCUT2D eigenvalue weighted by Gasteiger charge is -2.56. The zero-order chi connectivity index (χ0) is 18.6. The smallest absolute Gasteiger partial charge is 0.139 e. The molecule has 3 heteroatoms. The molecule has 1 heterocycles. The lowest BCUT2D eigenvalue weighted by Crippen LogP contribution is -2.59. The second-order valence-electron chi connectivity index (χ2n) is 9.05. The molecule has 2 fully saturated rings. The van der Waals surface area contributed by atoms with Crippen LogP contribution in [0.2, 0.25) is 0 Å². The van der Waals surface area contributed by atoms with Gasteiger partial charge in [-0.15, -0.1) is 0 Å². The van der Waals surface area contributed by atoms with Gasteiger partial charge in [0.25, 0.3) is 0 Å². The van der Waals surface area contributed by atoms with E-state index in [2.05, 4.69) is 54.8 Å². The normalized spacial score (nSPS) is 29.0. The van der Waals surface area contributed by atoms with Crippen molar-refractivity contribution in [2.75, 3.05) is 11.9 Å². The van der Waals surface area contributed by atoms with Gasteiger partial charge in [-0.25, -0.2) is 0 Å². The lowest BCUT2D eigenvalue weighted by molar-refractivity contribution is 0.0796. The number of phenolic OH excluding ortho intramolecular Hbond substituents is 1. The maximum Gasteiger partial charge on any atom is 0.139 e. The van der Waals surface area contributed by atoms with Crippen molar-refractivity contribution < 1.29 is 5.11 Å². The van der Waals surface area contributed by atoms with Gasteiger partial charge in [0, 0.05) is 17.1 Å². The zero-order valence-corrected chi connectivity index (χ0v) is 16.4. The minimum Gasteiger partial charge on any atom is -0.506 e. The average molecular weight is 363 g/mol. The van der Waals surface area contributed by atoms with Crippen LogP contribution >= 0.6 is 0 Å². The van der Waals surface area contributed by atoms with Gasteiger partial charge in [-0.3, -0.25) is 0 Å². The van der Waals surface area contributed by atoms with E-state index in [0.29, 0.717) is 11.8 Å². The Kier molecular flexibility index (Phi) is 3.98. The van der Waals surface area contributed by atoms with Gasteiger partial charge in [-0.05, 0) is 98.5 Å². The number of fused-ring (bicyclic) bond motifs is 1. The van der Waals surface area contributed by atoms with Crippen LogP contribution in [0, 0.1) is 19.8 Å². The van der Waals surface area contributed by atoms with E-state index in [1.54, 1.807) is 0 Å². The van der Waals surface area contributed by atoms with E-state index in [9.17, 15) is 5.11 Å². The van der Waals surface area contributed by atoms with Crippen LogP contribution < -0.4 is 10.6 Å². The molecule has 3 N–H and O–H groups in total. The molecule has 0 amide bonds. The van der Waals surface area contributed by atoms with Gasteiger partial charge in [-0.1, -0.05) is 18.9 Å². The van der Waals surface area contributed by atoms with Crippen molar-refractivity contribution in [3.63, 3.8) is 0 Å². The van der Waals surface area contributed by atoms with E-state index in [1.807, 2.05) is 0 Å². The van der Waals surface area contributed by atoms with Crippen molar-refractivity contribution in [3.8, 4) is 5.75 Å². The summed E-state index contributed by atoms with van der Waals surface area (Å²) in [6, 6.07) is 11.4. The van der Waals surface area contributed by atoms with Gasteiger partial charge < -0.3 is 15.7 Å². The number of nitrogens with one attached hydrogen (secondary N) is 2. The highest BCUT2D eigenvalue weighted by molar-refractivity contribution is 5.69. The summed E-state index contributed by atoms with van der Waals surface area (Å²) in [4.78, 5) is 0. The molecule has 2 aromatic rings. The maximum atomic E-state index is 10.9. The molecule has 2 aromatic carbocycles. The zero-order valence-electron chi connectivity index (χ0n) is 16.4. The van der Waals surface area contributed by atoms with Gasteiger partial charge in [0.05, 0.1) is 5.69 Å². The number of hydrogen-bond acceptors (Lipinski definition) is 3. The summed E-state index contributed by atoms with van der Waals surface area (Å²) in [5.74, 6) is 1.13. The van der Waals surface area contributed by atoms with Crippen LogP contribution in [-0.2, 0) is 11.8 Å². The molecule has 2 aliphatic carbocycles. The number of phenols is 1. The number of rotatable bonds is 2. The summed E-state index contributed by atoms with van der Waals surface area (Å²) in [5, 5.41) is 18.1. The molecule has 3 atom stereocenters. The molecule has 3 aliphatic rings. The molecule has 0 spiro atoms. The fourth-order valence-electron chi connectivity index (χ4n) is 6.27. The molecule has 1 aliphatic heterocycles. The number of hydrogen-bond donors (Lipinski definition) is 3. The van der Waals surface area contributed by atoms with E-state index in [4.69, 9.17) is 0 Å². The molecule has 1 saturated heterocycles. The first-order chi connectivity index (χ1) is 13.0. The van der Waals surface area contributed by atoms with Gasteiger partial charge in [0.2, 0.25) is 0 Å². The third kappa shape index (κ3) is 2.75. The van der Waals surface area contributed by atoms with E-state index >= 15 is 0 Å². The molecule has 3 nitrogen and oxygen atoms in total. The Morgan fingerprint density at radius 1 is 1.04 bits per heavy atom. The minimum atomic E-state index is 0.289. The van der Waals surface area contributed by atoms with E-state index in [-0.39, 0.29) is 5.41 Å². The van der Waals surface area contributed by atoms with Crippen LogP contribution in [0.3, 0.4) is 0 Å². The third-order valence-electron chi connectivity index (χ3n) is 7.26. The van der Waals surface area contributed by atoms with E-state index in [1.165, 1.54) is 54.4 Å². The second-order valence-corrected chi connectivity index (χ2v) is 9.05. The lowest BCUT2D eigenvalue weighted by atomic mass is 9.53. The third-order valence-corrected chi connectivity index (χ3v) is 7.26. The molecule has 0 radical (unpaired) electrons.